The molecule has 6 N–H and O–H groups in total. The van der Waals surface area contributed by atoms with Crippen molar-refractivity contribution in [2.75, 3.05) is 0 Å². The van der Waals surface area contributed by atoms with Crippen molar-refractivity contribution in [2.24, 2.45) is 0 Å². The Morgan fingerprint density at radius 2 is 0.824 bits per heavy atom. The van der Waals surface area contributed by atoms with E-state index in [1.54, 1.807) is 66.7 Å². The molecule has 0 radical (unpaired) electrons. The maximum absolute atomic E-state index is 12.2. The molecule has 0 spiro atoms. The molecule has 3 aromatic rings. The Morgan fingerprint density at radius 3 is 1.12 bits per heavy atom. The van der Waals surface area contributed by atoms with Gasteiger partial charge >= 0.3 is 27.6 Å². The van der Waals surface area contributed by atoms with E-state index in [1.165, 1.54) is 6.07 Å². The third-order valence-electron chi connectivity index (χ3n) is 3.24. The van der Waals surface area contributed by atoms with Crippen molar-refractivity contribution < 1.29 is 57.6 Å². The van der Waals surface area contributed by atoms with E-state index in [1.807, 2.05) is 12.1 Å². The second-order valence-electron chi connectivity index (χ2n) is 6.01. The van der Waals surface area contributed by atoms with Gasteiger partial charge in [-0.15, -0.1) is 0 Å². The zero-order chi connectivity index (χ0) is 25.8. The average Bonchev–Trinajstić information content (AvgIpc) is 2.73. The zero-order valence-corrected chi connectivity index (χ0v) is 18.9. The highest BCUT2D eigenvalue weighted by atomic mass is 31.2. The van der Waals surface area contributed by atoms with Crippen molar-refractivity contribution in [3.8, 4) is 11.5 Å². The third-order valence-corrected chi connectivity index (χ3v) is 3.24. The molecule has 0 aliphatic rings. The zero-order valence-electron chi connectivity index (χ0n) is 17.1. The first-order valence-electron chi connectivity index (χ1n) is 8.93. The summed E-state index contributed by atoms with van der Waals surface area (Å²) < 4.78 is 28.3. The number of phosphoric acid groups is 2. The fraction of sp³-hybridized carbons (Fsp3) is 0. The Labute approximate surface area is 193 Å². The minimum absolute atomic E-state index is 0.279. The summed E-state index contributed by atoms with van der Waals surface area (Å²) in [5, 5.41) is 0. The predicted octanol–water partition coefficient (Wildman–Crippen LogP) is 2.27. The first kappa shape index (κ1) is 28.9. The summed E-state index contributed by atoms with van der Waals surface area (Å²) in [6.07, 6.45) is 0. The fourth-order valence-corrected chi connectivity index (χ4v) is 2.08. The van der Waals surface area contributed by atoms with Crippen LogP contribution in [0.5, 0.6) is 11.5 Å². The summed E-state index contributed by atoms with van der Waals surface area (Å²) in [5.41, 5.74) is 0.558. The molecule has 0 amide bonds. The topological polar surface area (TPSA) is 208 Å². The quantitative estimate of drug-likeness (QED) is 0.168. The second kappa shape index (κ2) is 13.5. The van der Waals surface area contributed by atoms with Crippen LogP contribution in [0.4, 0.5) is 0 Å². The molecule has 3 aromatic carbocycles. The molecule has 0 unspecified atom stereocenters. The van der Waals surface area contributed by atoms with Crippen molar-refractivity contribution >= 4 is 27.6 Å². The number of benzene rings is 3. The Bertz CT molecular complexity index is 1050. The first-order valence-corrected chi connectivity index (χ1v) is 12.1. The molecule has 0 aliphatic carbocycles. The molecule has 34 heavy (non-hydrogen) atoms. The molecule has 3 rings (SSSR count). The van der Waals surface area contributed by atoms with Crippen LogP contribution in [0.25, 0.3) is 0 Å². The Kier molecular flexibility index (Phi) is 11.5. The van der Waals surface area contributed by atoms with Crippen molar-refractivity contribution in [1.82, 2.24) is 0 Å². The molecule has 0 heterocycles. The molecule has 0 aliphatic heterocycles. The van der Waals surface area contributed by atoms with E-state index in [2.05, 4.69) is 0 Å². The van der Waals surface area contributed by atoms with Gasteiger partial charge in [-0.3, -0.25) is 0 Å². The lowest BCUT2D eigenvalue weighted by atomic mass is 10.1. The van der Waals surface area contributed by atoms with Gasteiger partial charge in [0.25, 0.3) is 0 Å². The largest absolute Gasteiger partial charge is 0.466 e. The van der Waals surface area contributed by atoms with Crippen molar-refractivity contribution in [2.45, 2.75) is 0 Å². The standard InChI is InChI=1S/C20H14O4.2H3O4P/c21-19(23-17-10-3-1-4-11-17)15-8-7-9-16(14-15)20(22)24-18-12-5-2-6-13-18;2*1-5(2,3)4/h1-14H;2*(H3,1,2,3,4). The molecule has 14 heteroatoms. The lowest BCUT2D eigenvalue weighted by Gasteiger charge is -2.07. The number of carbonyl (C=O) groups is 2. The van der Waals surface area contributed by atoms with E-state index in [9.17, 15) is 9.59 Å². The summed E-state index contributed by atoms with van der Waals surface area (Å²) in [6, 6.07) is 23.7. The van der Waals surface area contributed by atoms with Crippen molar-refractivity contribution in [1.29, 1.82) is 0 Å². The van der Waals surface area contributed by atoms with Crippen LogP contribution < -0.4 is 9.47 Å². The third kappa shape index (κ3) is 14.8. The molecule has 0 saturated carbocycles. The smallest absolute Gasteiger partial charge is 0.423 e. The number of ether oxygens (including phenoxy) is 2. The van der Waals surface area contributed by atoms with Crippen molar-refractivity contribution in [3.63, 3.8) is 0 Å². The summed E-state index contributed by atoms with van der Waals surface area (Å²) >= 11 is 0. The maximum atomic E-state index is 12.2. The highest BCUT2D eigenvalue weighted by Gasteiger charge is 2.14. The summed E-state index contributed by atoms with van der Waals surface area (Å²) in [4.78, 5) is 67.5. The Hall–Kier alpha value is -3.18. The van der Waals surface area contributed by atoms with Gasteiger partial charge in [-0.1, -0.05) is 42.5 Å². The molecular weight excluding hydrogens is 494 g/mol. The van der Waals surface area contributed by atoms with Crippen LogP contribution >= 0.6 is 15.6 Å². The van der Waals surface area contributed by atoms with Gasteiger partial charge in [0.05, 0.1) is 11.1 Å². The molecule has 182 valence electrons. The number of esters is 2. The van der Waals surface area contributed by atoms with Gasteiger partial charge in [0, 0.05) is 0 Å². The predicted molar refractivity (Wildman–Crippen MR) is 118 cm³/mol. The lowest BCUT2D eigenvalue weighted by molar-refractivity contribution is 0.0734. The van der Waals surface area contributed by atoms with E-state index < -0.39 is 27.6 Å². The monoisotopic (exact) mass is 514 g/mol. The molecule has 0 saturated heterocycles. The van der Waals surface area contributed by atoms with Gasteiger partial charge in [-0.05, 0) is 42.5 Å². The van der Waals surface area contributed by atoms with Crippen LogP contribution in [0.3, 0.4) is 0 Å². The molecule has 12 nitrogen and oxygen atoms in total. The molecular formula is C20H20O12P2. The number of para-hydroxylation sites is 2. The van der Waals surface area contributed by atoms with Crippen LogP contribution in [-0.2, 0) is 9.13 Å². The van der Waals surface area contributed by atoms with Crippen LogP contribution in [0, 0.1) is 0 Å². The first-order chi connectivity index (χ1) is 15.7. The minimum Gasteiger partial charge on any atom is -0.423 e. The maximum Gasteiger partial charge on any atom is 0.466 e. The van der Waals surface area contributed by atoms with E-state index in [4.69, 9.17) is 48.0 Å². The van der Waals surface area contributed by atoms with Gasteiger partial charge < -0.3 is 38.8 Å². The van der Waals surface area contributed by atoms with E-state index in [-0.39, 0.29) is 11.1 Å². The lowest BCUT2D eigenvalue weighted by Crippen LogP contribution is -2.12. The van der Waals surface area contributed by atoms with Crippen LogP contribution in [-0.4, -0.2) is 41.3 Å². The average molecular weight is 514 g/mol. The fourth-order valence-electron chi connectivity index (χ4n) is 2.08. The van der Waals surface area contributed by atoms with Crippen LogP contribution in [0.1, 0.15) is 20.7 Å². The summed E-state index contributed by atoms with van der Waals surface area (Å²) in [6.45, 7) is 0. The number of carbonyl (C=O) groups excluding carboxylic acids is 2. The number of hydrogen-bond donors (Lipinski definition) is 6. The van der Waals surface area contributed by atoms with E-state index in [0.717, 1.165) is 0 Å². The Balaban J connectivity index is 0.000000489. The second-order valence-corrected chi connectivity index (χ2v) is 8.07. The minimum atomic E-state index is -4.64. The molecule has 0 fully saturated rings. The van der Waals surface area contributed by atoms with Crippen LogP contribution in [0.2, 0.25) is 0 Å². The molecule has 0 bridgehead atoms. The Morgan fingerprint density at radius 1 is 0.529 bits per heavy atom. The SMILES string of the molecule is O=C(Oc1ccccc1)c1cccc(C(=O)Oc2ccccc2)c1.O=P(O)(O)O.O=P(O)(O)O. The highest BCUT2D eigenvalue weighted by molar-refractivity contribution is 7.45. The number of hydrogen-bond acceptors (Lipinski definition) is 6. The normalized spacial score (nSPS) is 10.5. The molecule has 0 atom stereocenters. The molecule has 0 aromatic heterocycles. The van der Waals surface area contributed by atoms with Gasteiger partial charge in [-0.25, -0.2) is 18.7 Å². The van der Waals surface area contributed by atoms with E-state index in [0.29, 0.717) is 11.5 Å². The highest BCUT2D eigenvalue weighted by Crippen LogP contribution is 2.26. The van der Waals surface area contributed by atoms with Gasteiger partial charge in [0.1, 0.15) is 11.5 Å². The van der Waals surface area contributed by atoms with Crippen LogP contribution in [0.15, 0.2) is 84.9 Å². The summed E-state index contributed by atoms with van der Waals surface area (Å²) in [5.74, 6) is -0.175. The van der Waals surface area contributed by atoms with E-state index >= 15 is 0 Å². The van der Waals surface area contributed by atoms with Gasteiger partial charge in [-0.2, -0.15) is 0 Å². The number of rotatable bonds is 4. The van der Waals surface area contributed by atoms with Gasteiger partial charge in [0.15, 0.2) is 0 Å². The van der Waals surface area contributed by atoms with Crippen molar-refractivity contribution in [3.05, 3.63) is 96.1 Å². The van der Waals surface area contributed by atoms with Gasteiger partial charge in [0.2, 0.25) is 0 Å². The summed E-state index contributed by atoms with van der Waals surface area (Å²) in [7, 11) is -9.28.